The topological polar surface area (TPSA) is 132 Å². The highest BCUT2D eigenvalue weighted by Crippen LogP contribution is 2.43. The molecule has 0 aliphatic carbocycles. The number of aliphatic hydroxyl groups excluding tert-OH is 2. The monoisotopic (exact) mass is 1090 g/mol. The van der Waals surface area contributed by atoms with Crippen LogP contribution in [0, 0.1) is 0 Å². The summed E-state index contributed by atoms with van der Waals surface area (Å²) in [6, 6.07) is 0. The fourth-order valence-electron chi connectivity index (χ4n) is 10.5. The van der Waals surface area contributed by atoms with Crippen LogP contribution in [-0.2, 0) is 27.9 Å². The third-order valence-electron chi connectivity index (χ3n) is 15.5. The largest absolute Gasteiger partial charge is 0.472 e. The van der Waals surface area contributed by atoms with Gasteiger partial charge in [0.2, 0.25) is 0 Å². The molecule has 0 spiro atoms. The Balaban J connectivity index is 3.77. The molecule has 0 aliphatic heterocycles. The molecule has 0 bridgehead atoms. The molecule has 75 heavy (non-hydrogen) atoms. The third kappa shape index (κ3) is 62.5. The lowest BCUT2D eigenvalue weighted by molar-refractivity contribution is -0.154. The van der Waals surface area contributed by atoms with E-state index in [1.54, 1.807) is 0 Å². The van der Waals surface area contributed by atoms with Gasteiger partial charge in [0.05, 0.1) is 26.4 Å². The van der Waals surface area contributed by atoms with Gasteiger partial charge in [-0.3, -0.25) is 13.8 Å². The van der Waals surface area contributed by atoms with Crippen LogP contribution in [0.2, 0.25) is 0 Å². The number of rotatable bonds is 66. The van der Waals surface area contributed by atoms with Gasteiger partial charge < -0.3 is 24.6 Å². The minimum Gasteiger partial charge on any atom is -0.457 e. The molecule has 3 atom stereocenters. The smallest absolute Gasteiger partial charge is 0.457 e. The van der Waals surface area contributed by atoms with Gasteiger partial charge in [0.15, 0.2) is 0 Å². The van der Waals surface area contributed by atoms with Crippen LogP contribution in [0.4, 0.5) is 0 Å². The van der Waals surface area contributed by atoms with Gasteiger partial charge in [-0.2, -0.15) is 0 Å². The first-order valence-corrected chi connectivity index (χ1v) is 35.0. The summed E-state index contributed by atoms with van der Waals surface area (Å²) >= 11 is 0. The van der Waals surface area contributed by atoms with Crippen LogP contribution in [0.15, 0.2) is 0 Å². The summed E-state index contributed by atoms with van der Waals surface area (Å²) in [5.41, 5.74) is 0. The Kier molecular flexibility index (Phi) is 62.2. The average molecular weight is 1090 g/mol. The van der Waals surface area contributed by atoms with Crippen molar-refractivity contribution >= 4 is 13.8 Å². The van der Waals surface area contributed by atoms with Crippen LogP contribution >= 0.6 is 7.82 Å². The Labute approximate surface area is 467 Å². The Morgan fingerprint density at radius 2 is 0.600 bits per heavy atom. The molecule has 0 heterocycles. The molecule has 0 fully saturated rings. The van der Waals surface area contributed by atoms with Gasteiger partial charge in [-0.25, -0.2) is 4.57 Å². The summed E-state index contributed by atoms with van der Waals surface area (Å²) in [7, 11) is -4.52. The highest BCUT2D eigenvalue weighted by Gasteiger charge is 2.26. The van der Waals surface area contributed by atoms with Crippen molar-refractivity contribution < 1.29 is 43.0 Å². The van der Waals surface area contributed by atoms with Crippen LogP contribution in [-0.4, -0.2) is 66.3 Å². The predicted octanol–water partition coefficient (Wildman–Crippen LogP) is 20.9. The van der Waals surface area contributed by atoms with Crippen LogP contribution in [0.5, 0.6) is 0 Å². The lowest BCUT2D eigenvalue weighted by Gasteiger charge is -2.20. The second-order valence-corrected chi connectivity index (χ2v) is 24.7. The van der Waals surface area contributed by atoms with E-state index < -0.39 is 33.2 Å². The van der Waals surface area contributed by atoms with Crippen molar-refractivity contribution in [3.05, 3.63) is 0 Å². The lowest BCUT2D eigenvalue weighted by Crippen LogP contribution is -2.29. The van der Waals surface area contributed by atoms with Crippen LogP contribution < -0.4 is 0 Å². The maximum atomic E-state index is 12.8. The number of hydrogen-bond donors (Lipinski definition) is 3. The molecule has 0 aromatic rings. The molecule has 3 N–H and O–H groups in total. The van der Waals surface area contributed by atoms with Gasteiger partial charge in [0, 0.05) is 13.0 Å². The van der Waals surface area contributed by atoms with Crippen molar-refractivity contribution in [2.45, 2.75) is 379 Å². The lowest BCUT2D eigenvalue weighted by atomic mass is 10.0. The number of unbranched alkanes of at least 4 members (excludes halogenated alkanes) is 52. The third-order valence-corrected chi connectivity index (χ3v) is 16.5. The highest BCUT2D eigenvalue weighted by molar-refractivity contribution is 7.47. The first-order valence-electron chi connectivity index (χ1n) is 33.5. The van der Waals surface area contributed by atoms with E-state index in [0.29, 0.717) is 6.61 Å². The SMILES string of the molecule is CCCCCCCCCCCCCCCCCCCCCCCCCCCCCCCCCCCCCCC(=O)O[C@H](COCCCCCCCCCCCCCCCCCCCC)COP(=O)(O)OC[C@@H](O)CO. The van der Waals surface area contributed by atoms with Gasteiger partial charge in [-0.05, 0) is 12.8 Å². The number of phosphoric acid groups is 1. The Bertz CT molecular complexity index is 1140. The number of esters is 1. The summed E-state index contributed by atoms with van der Waals surface area (Å²) in [5, 5.41) is 18.5. The van der Waals surface area contributed by atoms with E-state index >= 15 is 0 Å². The molecule has 10 heteroatoms. The van der Waals surface area contributed by atoms with Crippen LogP contribution in [0.3, 0.4) is 0 Å². The Morgan fingerprint density at radius 3 is 0.867 bits per heavy atom. The highest BCUT2D eigenvalue weighted by atomic mass is 31.2. The molecule has 450 valence electrons. The van der Waals surface area contributed by atoms with Crippen molar-refractivity contribution in [2.24, 2.45) is 0 Å². The molecular weight excluding hydrogens is 956 g/mol. The number of carbonyl (C=O) groups excluding carboxylic acids is 1. The second-order valence-electron chi connectivity index (χ2n) is 23.2. The summed E-state index contributed by atoms with van der Waals surface area (Å²) in [6.45, 7) is 3.63. The van der Waals surface area contributed by atoms with E-state index in [1.165, 1.54) is 315 Å². The zero-order valence-electron chi connectivity index (χ0n) is 50.3. The fraction of sp³-hybridized carbons (Fsp3) is 0.985. The Hall–Kier alpha value is -0.540. The quantitative estimate of drug-likeness (QED) is 0.0309. The molecular formula is C65H131O9P. The van der Waals surface area contributed by atoms with Crippen molar-refractivity contribution in [1.29, 1.82) is 0 Å². The van der Waals surface area contributed by atoms with Crippen LogP contribution in [0.25, 0.3) is 0 Å². The Morgan fingerprint density at radius 1 is 0.360 bits per heavy atom. The number of hydrogen-bond acceptors (Lipinski definition) is 8. The minimum absolute atomic E-state index is 0.0592. The van der Waals surface area contributed by atoms with Crippen molar-refractivity contribution in [1.82, 2.24) is 0 Å². The summed E-state index contributed by atoms with van der Waals surface area (Å²) in [6.07, 6.45) is 71.4. The van der Waals surface area contributed by atoms with E-state index in [9.17, 15) is 19.4 Å². The van der Waals surface area contributed by atoms with Gasteiger partial charge in [-0.15, -0.1) is 0 Å². The number of ether oxygens (including phenoxy) is 2. The molecule has 0 aromatic heterocycles. The van der Waals surface area contributed by atoms with E-state index in [0.717, 1.165) is 32.1 Å². The van der Waals surface area contributed by atoms with Gasteiger partial charge in [0.1, 0.15) is 12.2 Å². The molecule has 0 aliphatic rings. The number of aliphatic hydroxyl groups is 2. The van der Waals surface area contributed by atoms with Gasteiger partial charge >= 0.3 is 13.8 Å². The number of phosphoric ester groups is 1. The average Bonchev–Trinajstić information content (AvgIpc) is 3.40. The fourth-order valence-corrected chi connectivity index (χ4v) is 11.3. The first-order chi connectivity index (χ1) is 36.8. The molecule has 0 saturated heterocycles. The molecule has 0 saturated carbocycles. The minimum atomic E-state index is -4.52. The zero-order chi connectivity index (χ0) is 54.5. The van der Waals surface area contributed by atoms with Crippen LogP contribution in [0.1, 0.15) is 367 Å². The van der Waals surface area contributed by atoms with Crippen molar-refractivity contribution in [3.63, 3.8) is 0 Å². The van der Waals surface area contributed by atoms with E-state index in [4.69, 9.17) is 23.6 Å². The van der Waals surface area contributed by atoms with Crippen molar-refractivity contribution in [2.75, 3.05) is 33.0 Å². The summed E-state index contributed by atoms with van der Waals surface area (Å²) in [4.78, 5) is 22.8. The second kappa shape index (κ2) is 62.7. The first kappa shape index (κ1) is 74.5. The maximum Gasteiger partial charge on any atom is 0.472 e. The molecule has 0 amide bonds. The summed E-state index contributed by atoms with van der Waals surface area (Å²) in [5.74, 6) is -0.370. The maximum absolute atomic E-state index is 12.8. The molecule has 0 rings (SSSR count). The zero-order valence-corrected chi connectivity index (χ0v) is 51.2. The normalized spacial score (nSPS) is 13.4. The predicted molar refractivity (Wildman–Crippen MR) is 321 cm³/mol. The van der Waals surface area contributed by atoms with E-state index in [2.05, 4.69) is 13.8 Å². The molecule has 0 aromatic carbocycles. The van der Waals surface area contributed by atoms with Crippen molar-refractivity contribution in [3.8, 4) is 0 Å². The van der Waals surface area contributed by atoms with E-state index in [1.807, 2.05) is 0 Å². The molecule has 9 nitrogen and oxygen atoms in total. The molecule has 1 unspecified atom stereocenters. The van der Waals surface area contributed by atoms with E-state index in [-0.39, 0.29) is 25.6 Å². The summed E-state index contributed by atoms with van der Waals surface area (Å²) < 4.78 is 33.7. The standard InChI is InChI=1S/C65H131O9P/c1-3-5-7-9-11-13-15-17-19-21-23-24-25-26-27-28-29-30-31-32-33-34-35-36-37-38-39-40-41-43-45-47-49-51-53-55-57-65(68)74-64(62-73-75(69,70)72-60-63(67)59-66)61-71-58-56-54-52-50-48-46-44-42-22-20-18-16-14-12-10-8-6-4-2/h63-64,66-67H,3-62H2,1-2H3,(H,69,70)/t63-,64+/m0/s1. The van der Waals surface area contributed by atoms with Gasteiger partial charge in [0.25, 0.3) is 0 Å². The molecule has 0 radical (unpaired) electrons. The van der Waals surface area contributed by atoms with Gasteiger partial charge in [-0.1, -0.05) is 348 Å². The number of carbonyl (C=O) groups is 1.